The van der Waals surface area contributed by atoms with Gasteiger partial charge in [-0.3, -0.25) is 9.78 Å². The molecule has 1 heterocycles. The summed E-state index contributed by atoms with van der Waals surface area (Å²) in [5, 5.41) is 6.59. The molecule has 4 N–H and O–H groups in total. The van der Waals surface area contributed by atoms with Gasteiger partial charge in [-0.05, 0) is 41.1 Å². The molecule has 1 amide bonds. The highest BCUT2D eigenvalue weighted by molar-refractivity contribution is 9.10. The van der Waals surface area contributed by atoms with Crippen molar-refractivity contribution in [2.75, 3.05) is 18.1 Å². The van der Waals surface area contributed by atoms with E-state index in [1.54, 1.807) is 26.2 Å². The van der Waals surface area contributed by atoms with Crippen molar-refractivity contribution in [2.45, 2.75) is 13.0 Å². The zero-order chi connectivity index (χ0) is 14.0. The Morgan fingerprint density at radius 2 is 2.21 bits per heavy atom. The molecule has 0 bridgehead atoms. The molecular formula is C13H15BrN4O. The van der Waals surface area contributed by atoms with Gasteiger partial charge in [-0.1, -0.05) is 0 Å². The van der Waals surface area contributed by atoms with Crippen molar-refractivity contribution in [1.82, 2.24) is 10.3 Å². The summed E-state index contributed by atoms with van der Waals surface area (Å²) in [5.41, 5.74) is 8.13. The van der Waals surface area contributed by atoms with Crippen LogP contribution in [-0.2, 0) is 4.79 Å². The fourth-order valence-electron chi connectivity index (χ4n) is 1.85. The Kier molecular flexibility index (Phi) is 3.90. The SMILES string of the molecule is CNC(=O)C(C)Nc1ccc(N)c2cc(Br)cnc12. The molecule has 0 spiro atoms. The van der Waals surface area contributed by atoms with Crippen molar-refractivity contribution in [3.05, 3.63) is 28.9 Å². The largest absolute Gasteiger partial charge is 0.398 e. The zero-order valence-corrected chi connectivity index (χ0v) is 12.3. The van der Waals surface area contributed by atoms with E-state index in [1.165, 1.54) is 0 Å². The smallest absolute Gasteiger partial charge is 0.241 e. The van der Waals surface area contributed by atoms with Crippen LogP contribution in [0.4, 0.5) is 11.4 Å². The third kappa shape index (κ3) is 2.78. The van der Waals surface area contributed by atoms with Crippen molar-refractivity contribution in [2.24, 2.45) is 0 Å². The number of carbonyl (C=O) groups is 1. The molecule has 0 aliphatic carbocycles. The number of hydrogen-bond donors (Lipinski definition) is 3. The van der Waals surface area contributed by atoms with Gasteiger partial charge in [0.15, 0.2) is 0 Å². The second-order valence-electron chi connectivity index (χ2n) is 4.23. The lowest BCUT2D eigenvalue weighted by atomic mass is 10.1. The molecular weight excluding hydrogens is 308 g/mol. The minimum absolute atomic E-state index is 0.0814. The Hall–Kier alpha value is -1.82. The Morgan fingerprint density at radius 3 is 2.89 bits per heavy atom. The number of amides is 1. The first-order valence-corrected chi connectivity index (χ1v) is 6.64. The van der Waals surface area contributed by atoms with Gasteiger partial charge < -0.3 is 16.4 Å². The lowest BCUT2D eigenvalue weighted by Gasteiger charge is -2.15. The number of anilines is 2. The summed E-state index contributed by atoms with van der Waals surface area (Å²) in [6, 6.07) is 5.20. The molecule has 1 unspecified atom stereocenters. The normalized spacial score (nSPS) is 12.2. The Morgan fingerprint density at radius 1 is 1.47 bits per heavy atom. The number of nitrogens with one attached hydrogen (secondary N) is 2. The fourth-order valence-corrected chi connectivity index (χ4v) is 2.18. The molecule has 1 aromatic carbocycles. The van der Waals surface area contributed by atoms with Crippen LogP contribution in [0.25, 0.3) is 10.9 Å². The molecule has 1 atom stereocenters. The summed E-state index contributed by atoms with van der Waals surface area (Å²) < 4.78 is 0.864. The second-order valence-corrected chi connectivity index (χ2v) is 5.15. The first-order valence-electron chi connectivity index (χ1n) is 5.84. The number of likely N-dealkylation sites (N-methyl/N-ethyl adjacent to an activating group) is 1. The van der Waals surface area contributed by atoms with Crippen LogP contribution in [0.2, 0.25) is 0 Å². The topological polar surface area (TPSA) is 80.0 Å². The van der Waals surface area contributed by atoms with Crippen LogP contribution in [0.5, 0.6) is 0 Å². The summed E-state index contributed by atoms with van der Waals surface area (Å²) in [6.07, 6.45) is 1.71. The molecule has 100 valence electrons. The summed E-state index contributed by atoms with van der Waals surface area (Å²) in [7, 11) is 1.61. The average molecular weight is 323 g/mol. The minimum atomic E-state index is -0.345. The summed E-state index contributed by atoms with van der Waals surface area (Å²) >= 11 is 3.37. The van der Waals surface area contributed by atoms with Crippen LogP contribution in [0.15, 0.2) is 28.9 Å². The van der Waals surface area contributed by atoms with Gasteiger partial charge in [-0.25, -0.2) is 0 Å². The molecule has 2 aromatic rings. The van der Waals surface area contributed by atoms with Crippen molar-refractivity contribution < 1.29 is 4.79 Å². The maximum absolute atomic E-state index is 11.5. The summed E-state index contributed by atoms with van der Waals surface area (Å²) in [5.74, 6) is -0.0814. The van der Waals surface area contributed by atoms with Crippen LogP contribution in [0.3, 0.4) is 0 Å². The van der Waals surface area contributed by atoms with Gasteiger partial charge in [0.05, 0.1) is 11.2 Å². The quantitative estimate of drug-likeness (QED) is 0.756. The molecule has 5 nitrogen and oxygen atoms in total. The van der Waals surface area contributed by atoms with E-state index in [0.717, 1.165) is 21.1 Å². The van der Waals surface area contributed by atoms with E-state index in [-0.39, 0.29) is 11.9 Å². The maximum atomic E-state index is 11.5. The number of nitrogens with two attached hydrogens (primary N) is 1. The van der Waals surface area contributed by atoms with Gasteiger partial charge in [0.1, 0.15) is 6.04 Å². The maximum Gasteiger partial charge on any atom is 0.241 e. The molecule has 0 aliphatic rings. The zero-order valence-electron chi connectivity index (χ0n) is 10.7. The first kappa shape index (κ1) is 13.6. The van der Waals surface area contributed by atoms with E-state index in [0.29, 0.717) is 5.69 Å². The van der Waals surface area contributed by atoms with E-state index in [1.807, 2.05) is 12.1 Å². The van der Waals surface area contributed by atoms with Crippen molar-refractivity contribution in [3.63, 3.8) is 0 Å². The molecule has 0 saturated heterocycles. The lowest BCUT2D eigenvalue weighted by Crippen LogP contribution is -2.35. The summed E-state index contributed by atoms with van der Waals surface area (Å²) in [6.45, 7) is 1.79. The number of rotatable bonds is 3. The van der Waals surface area contributed by atoms with Gasteiger partial charge in [-0.15, -0.1) is 0 Å². The van der Waals surface area contributed by atoms with Gasteiger partial charge in [-0.2, -0.15) is 0 Å². The van der Waals surface area contributed by atoms with E-state index in [9.17, 15) is 4.79 Å². The van der Waals surface area contributed by atoms with Crippen LogP contribution < -0.4 is 16.4 Å². The van der Waals surface area contributed by atoms with Crippen LogP contribution in [-0.4, -0.2) is 24.0 Å². The van der Waals surface area contributed by atoms with E-state index < -0.39 is 0 Å². The standard InChI is InChI=1S/C13H15BrN4O/c1-7(13(19)16-2)18-11-4-3-10(15)9-5-8(14)6-17-12(9)11/h3-7,18H,15H2,1-2H3,(H,16,19). The van der Waals surface area contributed by atoms with Crippen LogP contribution in [0.1, 0.15) is 6.92 Å². The van der Waals surface area contributed by atoms with Crippen molar-refractivity contribution in [1.29, 1.82) is 0 Å². The van der Waals surface area contributed by atoms with Crippen molar-refractivity contribution >= 4 is 44.1 Å². The van der Waals surface area contributed by atoms with Crippen molar-refractivity contribution in [3.8, 4) is 0 Å². The molecule has 0 saturated carbocycles. The van der Waals surface area contributed by atoms with Gasteiger partial charge in [0.25, 0.3) is 0 Å². The highest BCUT2D eigenvalue weighted by atomic mass is 79.9. The van der Waals surface area contributed by atoms with Crippen LogP contribution in [0, 0.1) is 0 Å². The first-order chi connectivity index (χ1) is 9.02. The molecule has 0 fully saturated rings. The molecule has 19 heavy (non-hydrogen) atoms. The number of fused-ring (bicyclic) bond motifs is 1. The predicted octanol–water partition coefficient (Wildman–Crippen LogP) is 2.13. The molecule has 0 radical (unpaired) electrons. The number of pyridine rings is 1. The highest BCUT2D eigenvalue weighted by Gasteiger charge is 2.13. The average Bonchev–Trinajstić information content (AvgIpc) is 2.41. The van der Waals surface area contributed by atoms with Gasteiger partial charge in [0.2, 0.25) is 5.91 Å². The number of benzene rings is 1. The highest BCUT2D eigenvalue weighted by Crippen LogP contribution is 2.29. The van der Waals surface area contributed by atoms with Gasteiger partial charge >= 0.3 is 0 Å². The van der Waals surface area contributed by atoms with Crippen LogP contribution >= 0.6 is 15.9 Å². The number of halogens is 1. The molecule has 1 aromatic heterocycles. The Labute approximate surface area is 119 Å². The molecule has 2 rings (SSSR count). The number of carbonyl (C=O) groups excluding carboxylic acids is 1. The van der Waals surface area contributed by atoms with E-state index in [2.05, 4.69) is 31.5 Å². The fraction of sp³-hybridized carbons (Fsp3) is 0.231. The predicted molar refractivity (Wildman–Crippen MR) is 81.0 cm³/mol. The molecule has 0 aliphatic heterocycles. The third-order valence-electron chi connectivity index (χ3n) is 2.86. The Bertz CT molecular complexity index is 629. The van der Waals surface area contributed by atoms with Gasteiger partial charge in [0, 0.05) is 28.8 Å². The number of nitrogen functional groups attached to an aromatic ring is 1. The second kappa shape index (κ2) is 5.44. The number of aromatic nitrogens is 1. The van der Waals surface area contributed by atoms with E-state index >= 15 is 0 Å². The third-order valence-corrected chi connectivity index (χ3v) is 3.30. The number of nitrogens with zero attached hydrogens (tertiary/aromatic N) is 1. The monoisotopic (exact) mass is 322 g/mol. The lowest BCUT2D eigenvalue weighted by molar-refractivity contribution is -0.121. The Balaban J connectivity index is 2.44. The van der Waals surface area contributed by atoms with E-state index in [4.69, 9.17) is 5.73 Å². The molecule has 6 heteroatoms. The minimum Gasteiger partial charge on any atom is -0.398 e. The number of hydrogen-bond acceptors (Lipinski definition) is 4. The summed E-state index contributed by atoms with van der Waals surface area (Å²) in [4.78, 5) is 15.9.